The van der Waals surface area contributed by atoms with Crippen molar-refractivity contribution in [3.63, 3.8) is 0 Å². The summed E-state index contributed by atoms with van der Waals surface area (Å²) in [6.45, 7) is 13.2. The first-order valence-corrected chi connectivity index (χ1v) is 7.18. The van der Waals surface area contributed by atoms with E-state index in [-0.39, 0.29) is 5.41 Å². The molecule has 0 saturated carbocycles. The monoisotopic (exact) mass is 255 g/mol. The fraction of sp³-hybridized carbons (Fsp3) is 0.444. The third-order valence-electron chi connectivity index (χ3n) is 3.84. The van der Waals surface area contributed by atoms with Crippen molar-refractivity contribution in [2.24, 2.45) is 5.41 Å². The molecule has 1 heterocycles. The summed E-state index contributed by atoms with van der Waals surface area (Å²) < 4.78 is 0. The van der Waals surface area contributed by atoms with Crippen LogP contribution in [0.5, 0.6) is 0 Å². The lowest BCUT2D eigenvalue weighted by atomic mass is 9.74. The average Bonchev–Trinajstić information content (AvgIpc) is 2.78. The van der Waals surface area contributed by atoms with Gasteiger partial charge in [-0.1, -0.05) is 58.6 Å². The van der Waals surface area contributed by atoms with E-state index in [0.29, 0.717) is 5.92 Å². The molecule has 1 heteroatoms. The van der Waals surface area contributed by atoms with Crippen molar-refractivity contribution >= 4 is 11.6 Å². The molecule has 1 aromatic heterocycles. The molecule has 19 heavy (non-hydrogen) atoms. The molecule has 1 nitrogen and oxygen atoms in total. The molecule has 1 aliphatic carbocycles. The quantitative estimate of drug-likeness (QED) is 0.682. The van der Waals surface area contributed by atoms with Crippen LogP contribution in [0.4, 0.5) is 0 Å². The lowest BCUT2D eigenvalue weighted by Crippen LogP contribution is -2.20. The minimum absolute atomic E-state index is 0.280. The van der Waals surface area contributed by atoms with E-state index in [0.717, 1.165) is 24.1 Å². The summed E-state index contributed by atoms with van der Waals surface area (Å²) in [4.78, 5) is 3.60. The van der Waals surface area contributed by atoms with E-state index in [4.69, 9.17) is 0 Å². The second kappa shape index (κ2) is 5.24. The summed E-state index contributed by atoms with van der Waals surface area (Å²) >= 11 is 0. The van der Waals surface area contributed by atoms with Crippen molar-refractivity contribution in [2.45, 2.75) is 46.5 Å². The van der Waals surface area contributed by atoms with Crippen molar-refractivity contribution in [3.05, 3.63) is 47.8 Å². The predicted molar refractivity (Wildman–Crippen MR) is 85.1 cm³/mol. The van der Waals surface area contributed by atoms with Crippen molar-refractivity contribution < 1.29 is 0 Å². The molecule has 0 radical (unpaired) electrons. The van der Waals surface area contributed by atoms with Crippen LogP contribution in [0.2, 0.25) is 0 Å². The zero-order valence-electron chi connectivity index (χ0n) is 12.6. The molecule has 0 saturated heterocycles. The highest BCUT2D eigenvalue weighted by molar-refractivity contribution is 5.73. The molecule has 2 rings (SSSR count). The van der Waals surface area contributed by atoms with Crippen molar-refractivity contribution in [2.75, 3.05) is 0 Å². The minimum Gasteiger partial charge on any atom is -0.358 e. The van der Waals surface area contributed by atoms with Crippen molar-refractivity contribution in [1.29, 1.82) is 0 Å². The van der Waals surface area contributed by atoms with Crippen LogP contribution in [0.25, 0.3) is 11.6 Å². The highest BCUT2D eigenvalue weighted by Crippen LogP contribution is 2.42. The maximum absolute atomic E-state index is 4.15. The van der Waals surface area contributed by atoms with E-state index in [1.165, 1.54) is 11.3 Å². The van der Waals surface area contributed by atoms with Gasteiger partial charge in [-0.15, -0.1) is 0 Å². The Kier molecular flexibility index (Phi) is 3.84. The van der Waals surface area contributed by atoms with Gasteiger partial charge in [0.2, 0.25) is 0 Å². The summed E-state index contributed by atoms with van der Waals surface area (Å²) in [5.74, 6) is 0.559. The van der Waals surface area contributed by atoms with E-state index in [1.54, 1.807) is 0 Å². The molecular formula is C18H25N. The van der Waals surface area contributed by atoms with Crippen LogP contribution in [-0.2, 0) is 0 Å². The first-order valence-electron chi connectivity index (χ1n) is 7.18. The van der Waals surface area contributed by atoms with Crippen LogP contribution >= 0.6 is 0 Å². The molecule has 1 atom stereocenters. The zero-order chi connectivity index (χ0) is 14.0. The molecule has 0 aromatic carbocycles. The number of fused-ring (bicyclic) bond motifs is 1. The second-order valence-corrected chi connectivity index (χ2v) is 6.44. The number of nitrogens with one attached hydrogen (secondary N) is 1. The Morgan fingerprint density at radius 2 is 2.21 bits per heavy atom. The van der Waals surface area contributed by atoms with Crippen LogP contribution < -0.4 is 0 Å². The summed E-state index contributed by atoms with van der Waals surface area (Å²) in [6, 6.07) is 2.23. The molecular weight excluding hydrogens is 230 g/mol. The summed E-state index contributed by atoms with van der Waals surface area (Å²) in [6.07, 6.45) is 10.9. The lowest BCUT2D eigenvalue weighted by Gasteiger charge is -2.31. The minimum atomic E-state index is 0.280. The fourth-order valence-electron chi connectivity index (χ4n) is 2.67. The topological polar surface area (TPSA) is 15.8 Å². The van der Waals surface area contributed by atoms with Gasteiger partial charge < -0.3 is 4.98 Å². The van der Waals surface area contributed by atoms with Crippen molar-refractivity contribution in [3.8, 4) is 0 Å². The van der Waals surface area contributed by atoms with Gasteiger partial charge in [0.1, 0.15) is 0 Å². The Bertz CT molecular complexity index is 520. The van der Waals surface area contributed by atoms with Crippen LogP contribution in [0, 0.1) is 5.41 Å². The van der Waals surface area contributed by atoms with Gasteiger partial charge in [-0.2, -0.15) is 0 Å². The summed E-state index contributed by atoms with van der Waals surface area (Å²) in [5.41, 5.74) is 5.19. The number of H-pyrrole nitrogens is 1. The van der Waals surface area contributed by atoms with Crippen molar-refractivity contribution in [1.82, 2.24) is 4.98 Å². The molecule has 1 aromatic rings. The Morgan fingerprint density at radius 3 is 2.84 bits per heavy atom. The maximum Gasteiger partial charge on any atom is 0.0456 e. The zero-order valence-corrected chi connectivity index (χ0v) is 12.6. The smallest absolute Gasteiger partial charge is 0.0456 e. The largest absolute Gasteiger partial charge is 0.358 e. The van der Waals surface area contributed by atoms with E-state index < -0.39 is 0 Å². The molecule has 1 unspecified atom stereocenters. The number of aromatic amines is 1. The highest BCUT2D eigenvalue weighted by Gasteiger charge is 2.30. The number of rotatable bonds is 3. The van der Waals surface area contributed by atoms with Crippen LogP contribution in [0.3, 0.4) is 0 Å². The van der Waals surface area contributed by atoms with E-state index in [1.807, 2.05) is 0 Å². The van der Waals surface area contributed by atoms with Crippen LogP contribution in [-0.4, -0.2) is 4.98 Å². The Morgan fingerprint density at radius 1 is 1.47 bits per heavy atom. The average molecular weight is 255 g/mol. The number of aromatic nitrogens is 1. The molecule has 0 amide bonds. The second-order valence-electron chi connectivity index (χ2n) is 6.44. The standard InChI is InChI=1S/C18H25N/c1-6-7-9-13(2)16-12-14-10-8-11-15(17(14)19-16)18(3,4)5/h7-10,12,15,19H,2,6,11H2,1,3-5H3/b9-7-. The van der Waals surface area contributed by atoms with Gasteiger partial charge in [-0.3, -0.25) is 0 Å². The highest BCUT2D eigenvalue weighted by atomic mass is 14.8. The summed E-state index contributed by atoms with van der Waals surface area (Å²) in [7, 11) is 0. The van der Waals surface area contributed by atoms with Gasteiger partial charge >= 0.3 is 0 Å². The SMILES string of the molecule is C=C(/C=C\CC)c1cc2c([nH]1)C(C(C)(C)C)CC=C2. The first kappa shape index (κ1) is 13.9. The van der Waals surface area contributed by atoms with Crippen LogP contribution in [0.15, 0.2) is 30.9 Å². The third-order valence-corrected chi connectivity index (χ3v) is 3.84. The molecule has 1 aliphatic rings. The van der Waals surface area contributed by atoms with E-state index in [9.17, 15) is 0 Å². The molecule has 1 N–H and O–H groups in total. The molecule has 0 bridgehead atoms. The van der Waals surface area contributed by atoms with Gasteiger partial charge in [0.05, 0.1) is 0 Å². The normalized spacial score (nSPS) is 18.8. The van der Waals surface area contributed by atoms with Gasteiger partial charge in [0.15, 0.2) is 0 Å². The van der Waals surface area contributed by atoms with Gasteiger partial charge in [-0.25, -0.2) is 0 Å². The van der Waals surface area contributed by atoms with Gasteiger partial charge in [0.25, 0.3) is 0 Å². The number of hydrogen-bond donors (Lipinski definition) is 1. The molecule has 102 valence electrons. The van der Waals surface area contributed by atoms with Crippen LogP contribution in [0.1, 0.15) is 63.4 Å². The van der Waals surface area contributed by atoms with E-state index >= 15 is 0 Å². The Labute approximate surface area is 117 Å². The Balaban J connectivity index is 2.34. The Hall–Kier alpha value is -1.50. The lowest BCUT2D eigenvalue weighted by molar-refractivity contribution is 0.315. The van der Waals surface area contributed by atoms with Gasteiger partial charge in [0, 0.05) is 17.3 Å². The van der Waals surface area contributed by atoms with E-state index in [2.05, 4.69) is 69.6 Å². The maximum atomic E-state index is 4.15. The fourth-order valence-corrected chi connectivity index (χ4v) is 2.67. The van der Waals surface area contributed by atoms with Gasteiger partial charge in [-0.05, 0) is 35.5 Å². The predicted octanol–water partition coefficient (Wildman–Crippen LogP) is 5.54. The molecule has 0 aliphatic heterocycles. The summed E-state index contributed by atoms with van der Waals surface area (Å²) in [5, 5.41) is 0. The molecule has 0 fully saturated rings. The third kappa shape index (κ3) is 2.91. The molecule has 0 spiro atoms. The first-order chi connectivity index (χ1) is 8.93. The number of allylic oxidation sites excluding steroid dienone is 4. The number of hydrogen-bond acceptors (Lipinski definition) is 0.